The predicted octanol–water partition coefficient (Wildman–Crippen LogP) is 2.10. The molecule has 21 heavy (non-hydrogen) atoms. The van der Waals surface area contributed by atoms with Crippen LogP contribution in [0.2, 0.25) is 0 Å². The molecule has 0 bridgehead atoms. The number of aromatic nitrogens is 3. The van der Waals surface area contributed by atoms with E-state index in [1.165, 1.54) is 6.33 Å². The van der Waals surface area contributed by atoms with Gasteiger partial charge in [0.1, 0.15) is 12.1 Å². The second-order valence-electron chi connectivity index (χ2n) is 4.61. The smallest absolute Gasteiger partial charge is 0.291 e. The highest BCUT2D eigenvalue weighted by Crippen LogP contribution is 2.08. The lowest BCUT2D eigenvalue weighted by molar-refractivity contribution is 0.0937. The first-order valence-corrected chi connectivity index (χ1v) is 6.51. The van der Waals surface area contributed by atoms with Crippen molar-refractivity contribution in [1.82, 2.24) is 20.1 Å². The van der Waals surface area contributed by atoms with Gasteiger partial charge >= 0.3 is 0 Å². The minimum absolute atomic E-state index is 0.128. The van der Waals surface area contributed by atoms with E-state index >= 15 is 0 Å². The minimum Gasteiger partial charge on any atom is -0.467 e. The van der Waals surface area contributed by atoms with Crippen LogP contribution in [0.25, 0.3) is 5.69 Å². The Morgan fingerprint density at radius 2 is 2.24 bits per heavy atom. The zero-order valence-electron chi connectivity index (χ0n) is 11.5. The third kappa shape index (κ3) is 3.00. The number of rotatable bonds is 4. The maximum atomic E-state index is 12.0. The molecule has 0 fully saturated rings. The van der Waals surface area contributed by atoms with E-state index in [9.17, 15) is 4.79 Å². The summed E-state index contributed by atoms with van der Waals surface area (Å²) in [6, 6.07) is 11.4. The Morgan fingerprint density at radius 1 is 1.33 bits per heavy atom. The fraction of sp³-hybridized carbons (Fsp3) is 0.133. The molecule has 6 heteroatoms. The summed E-state index contributed by atoms with van der Waals surface area (Å²) < 4.78 is 6.72. The largest absolute Gasteiger partial charge is 0.467 e. The van der Waals surface area contributed by atoms with Crippen LogP contribution >= 0.6 is 0 Å². The van der Waals surface area contributed by atoms with Gasteiger partial charge in [0.2, 0.25) is 5.82 Å². The van der Waals surface area contributed by atoms with Crippen LogP contribution in [0.15, 0.2) is 53.4 Å². The zero-order chi connectivity index (χ0) is 14.7. The van der Waals surface area contributed by atoms with Gasteiger partial charge in [0.05, 0.1) is 18.5 Å². The van der Waals surface area contributed by atoms with E-state index in [2.05, 4.69) is 15.4 Å². The molecule has 1 N–H and O–H groups in total. The van der Waals surface area contributed by atoms with Gasteiger partial charge in [-0.2, -0.15) is 0 Å². The predicted molar refractivity (Wildman–Crippen MR) is 76.0 cm³/mol. The first kappa shape index (κ1) is 13.1. The Bertz CT molecular complexity index is 747. The Morgan fingerprint density at radius 3 is 3.00 bits per heavy atom. The van der Waals surface area contributed by atoms with Crippen molar-refractivity contribution in [3.8, 4) is 5.69 Å². The van der Waals surface area contributed by atoms with Crippen molar-refractivity contribution in [3.63, 3.8) is 0 Å². The van der Waals surface area contributed by atoms with Gasteiger partial charge in [-0.1, -0.05) is 12.1 Å². The average molecular weight is 282 g/mol. The second-order valence-corrected chi connectivity index (χ2v) is 4.61. The van der Waals surface area contributed by atoms with Crippen LogP contribution in [0.4, 0.5) is 0 Å². The van der Waals surface area contributed by atoms with Crippen LogP contribution in [0.1, 0.15) is 21.9 Å². The molecule has 106 valence electrons. The number of nitrogens with one attached hydrogen (secondary N) is 1. The number of hydrogen-bond acceptors (Lipinski definition) is 4. The van der Waals surface area contributed by atoms with Crippen LogP contribution in [0, 0.1) is 6.92 Å². The summed E-state index contributed by atoms with van der Waals surface area (Å²) in [5, 5.41) is 6.89. The van der Waals surface area contributed by atoms with Crippen LogP contribution in [0.5, 0.6) is 0 Å². The number of amides is 1. The fourth-order valence-corrected chi connectivity index (χ4v) is 1.92. The fourth-order valence-electron chi connectivity index (χ4n) is 1.92. The topological polar surface area (TPSA) is 73.0 Å². The summed E-state index contributed by atoms with van der Waals surface area (Å²) in [6.07, 6.45) is 3.09. The lowest BCUT2D eigenvalue weighted by atomic mass is 10.2. The van der Waals surface area contributed by atoms with Crippen LogP contribution in [0.3, 0.4) is 0 Å². The van der Waals surface area contributed by atoms with Crippen molar-refractivity contribution in [3.05, 3.63) is 66.1 Å². The Kier molecular flexibility index (Phi) is 3.51. The molecule has 3 rings (SSSR count). The summed E-state index contributed by atoms with van der Waals surface area (Å²) >= 11 is 0. The zero-order valence-corrected chi connectivity index (χ0v) is 11.5. The highest BCUT2D eigenvalue weighted by Gasteiger charge is 2.12. The van der Waals surface area contributed by atoms with Gasteiger partial charge in [-0.15, -0.1) is 5.10 Å². The van der Waals surface area contributed by atoms with Crippen LogP contribution < -0.4 is 5.32 Å². The summed E-state index contributed by atoms with van der Waals surface area (Å²) in [4.78, 5) is 16.0. The van der Waals surface area contributed by atoms with Gasteiger partial charge < -0.3 is 9.73 Å². The van der Waals surface area contributed by atoms with Crippen molar-refractivity contribution in [2.45, 2.75) is 13.5 Å². The number of nitrogens with zero attached hydrogens (tertiary/aromatic N) is 3. The van der Waals surface area contributed by atoms with E-state index in [0.29, 0.717) is 12.3 Å². The molecular weight excluding hydrogens is 268 g/mol. The van der Waals surface area contributed by atoms with E-state index in [1.807, 2.05) is 31.2 Å². The van der Waals surface area contributed by atoms with Crippen LogP contribution in [-0.4, -0.2) is 20.7 Å². The van der Waals surface area contributed by atoms with Crippen molar-refractivity contribution >= 4 is 5.91 Å². The molecule has 0 unspecified atom stereocenters. The Labute approximate surface area is 121 Å². The Balaban J connectivity index is 1.71. The quantitative estimate of drug-likeness (QED) is 0.795. The van der Waals surface area contributed by atoms with Crippen molar-refractivity contribution in [1.29, 1.82) is 0 Å². The molecule has 0 atom stereocenters. The van der Waals surface area contributed by atoms with Gasteiger partial charge in [-0.05, 0) is 36.8 Å². The normalized spacial score (nSPS) is 10.5. The SMILES string of the molecule is Cc1cccc(-n2cnc(C(=O)NCc3ccco3)n2)c1. The van der Waals surface area contributed by atoms with Gasteiger partial charge in [0.15, 0.2) is 0 Å². The molecule has 1 aromatic carbocycles. The number of furan rings is 1. The molecule has 2 aromatic heterocycles. The van der Waals surface area contributed by atoms with Gasteiger partial charge in [0, 0.05) is 0 Å². The number of aryl methyl sites for hydroxylation is 1. The second kappa shape index (κ2) is 5.62. The number of hydrogen-bond donors (Lipinski definition) is 1. The molecule has 0 aliphatic heterocycles. The molecule has 3 aromatic rings. The number of carbonyl (C=O) groups is 1. The Hall–Kier alpha value is -2.89. The standard InChI is InChI=1S/C15H14N4O2/c1-11-4-2-5-12(8-11)19-10-17-14(18-19)15(20)16-9-13-6-3-7-21-13/h2-8,10H,9H2,1H3,(H,16,20). The van der Waals surface area contributed by atoms with Crippen molar-refractivity contribution < 1.29 is 9.21 Å². The molecule has 0 aliphatic rings. The van der Waals surface area contributed by atoms with Gasteiger partial charge in [0.25, 0.3) is 5.91 Å². The third-order valence-electron chi connectivity index (χ3n) is 2.96. The lowest BCUT2D eigenvalue weighted by Gasteiger charge is -2.01. The van der Waals surface area contributed by atoms with Crippen LogP contribution in [-0.2, 0) is 6.54 Å². The highest BCUT2D eigenvalue weighted by molar-refractivity contribution is 5.90. The van der Waals surface area contributed by atoms with Gasteiger partial charge in [-0.25, -0.2) is 9.67 Å². The van der Waals surface area contributed by atoms with E-state index in [-0.39, 0.29) is 11.7 Å². The molecule has 2 heterocycles. The lowest BCUT2D eigenvalue weighted by Crippen LogP contribution is -2.24. The molecule has 0 saturated heterocycles. The van der Waals surface area contributed by atoms with E-state index < -0.39 is 0 Å². The van der Waals surface area contributed by atoms with E-state index in [1.54, 1.807) is 23.1 Å². The molecule has 0 spiro atoms. The number of benzene rings is 1. The summed E-state index contributed by atoms with van der Waals surface area (Å²) in [5.41, 5.74) is 1.99. The van der Waals surface area contributed by atoms with Gasteiger partial charge in [-0.3, -0.25) is 4.79 Å². The van der Waals surface area contributed by atoms with Crippen molar-refractivity contribution in [2.75, 3.05) is 0 Å². The summed E-state index contributed by atoms with van der Waals surface area (Å²) in [6.45, 7) is 2.31. The maximum absolute atomic E-state index is 12.0. The molecule has 0 radical (unpaired) electrons. The monoisotopic (exact) mass is 282 g/mol. The average Bonchev–Trinajstić information content (AvgIpc) is 3.16. The van der Waals surface area contributed by atoms with Crippen molar-refractivity contribution in [2.24, 2.45) is 0 Å². The molecular formula is C15H14N4O2. The summed E-state index contributed by atoms with van der Waals surface area (Å²) in [7, 11) is 0. The first-order valence-electron chi connectivity index (χ1n) is 6.51. The minimum atomic E-state index is -0.335. The third-order valence-corrected chi connectivity index (χ3v) is 2.96. The maximum Gasteiger partial charge on any atom is 0.291 e. The molecule has 0 saturated carbocycles. The first-order chi connectivity index (χ1) is 10.2. The van der Waals surface area contributed by atoms with E-state index in [4.69, 9.17) is 4.42 Å². The highest BCUT2D eigenvalue weighted by atomic mass is 16.3. The molecule has 6 nitrogen and oxygen atoms in total. The number of carbonyl (C=O) groups excluding carboxylic acids is 1. The molecule has 0 aliphatic carbocycles. The molecule has 1 amide bonds. The van der Waals surface area contributed by atoms with E-state index in [0.717, 1.165) is 11.3 Å². The summed E-state index contributed by atoms with van der Waals surface area (Å²) in [5.74, 6) is 0.474.